The molecule has 0 atom stereocenters. The zero-order valence-electron chi connectivity index (χ0n) is 11.1. The highest BCUT2D eigenvalue weighted by molar-refractivity contribution is 5.89. The minimum absolute atomic E-state index is 0.0462. The van der Waals surface area contributed by atoms with Gasteiger partial charge in [-0.25, -0.2) is 0 Å². The molecule has 0 radical (unpaired) electrons. The van der Waals surface area contributed by atoms with Gasteiger partial charge in [0.25, 0.3) is 0 Å². The SMILES string of the molecule is Cc1nn(CCC(=O)Nc2ccn(C)n2)cc1[N+](=O)[O-]. The minimum atomic E-state index is -0.493. The van der Waals surface area contributed by atoms with Crippen LogP contribution in [0.2, 0.25) is 0 Å². The lowest BCUT2D eigenvalue weighted by Gasteiger charge is -2.02. The van der Waals surface area contributed by atoms with E-state index in [4.69, 9.17) is 0 Å². The number of aromatic nitrogens is 4. The summed E-state index contributed by atoms with van der Waals surface area (Å²) < 4.78 is 2.97. The Balaban J connectivity index is 1.90. The Morgan fingerprint density at radius 3 is 2.80 bits per heavy atom. The number of carbonyl (C=O) groups excluding carboxylic acids is 1. The van der Waals surface area contributed by atoms with Gasteiger partial charge in [0.05, 0.1) is 4.92 Å². The molecule has 9 heteroatoms. The first-order valence-electron chi connectivity index (χ1n) is 5.93. The van der Waals surface area contributed by atoms with Crippen molar-refractivity contribution in [1.29, 1.82) is 0 Å². The lowest BCUT2D eigenvalue weighted by molar-refractivity contribution is -0.385. The smallest absolute Gasteiger partial charge is 0.309 e. The molecule has 0 saturated heterocycles. The van der Waals surface area contributed by atoms with Crippen LogP contribution in [0.1, 0.15) is 12.1 Å². The molecule has 1 N–H and O–H groups in total. The molecule has 2 aromatic rings. The summed E-state index contributed by atoms with van der Waals surface area (Å²) >= 11 is 0. The van der Waals surface area contributed by atoms with E-state index in [-0.39, 0.29) is 24.6 Å². The van der Waals surface area contributed by atoms with Crippen LogP contribution in [-0.2, 0) is 18.4 Å². The lowest BCUT2D eigenvalue weighted by atomic mass is 10.4. The fourth-order valence-electron chi connectivity index (χ4n) is 1.70. The summed E-state index contributed by atoms with van der Waals surface area (Å²) in [6, 6.07) is 1.68. The molecule has 2 rings (SSSR count). The molecule has 20 heavy (non-hydrogen) atoms. The van der Waals surface area contributed by atoms with Gasteiger partial charge in [-0.05, 0) is 6.92 Å². The van der Waals surface area contributed by atoms with Crippen LogP contribution in [-0.4, -0.2) is 30.4 Å². The number of aryl methyl sites for hydroxylation is 3. The van der Waals surface area contributed by atoms with Gasteiger partial charge in [-0.15, -0.1) is 0 Å². The maximum atomic E-state index is 11.7. The van der Waals surface area contributed by atoms with Gasteiger partial charge in [0.1, 0.15) is 11.9 Å². The standard InChI is InChI=1S/C11H14N6O3/c1-8-9(17(19)20)7-16(13-8)6-4-11(18)12-10-3-5-15(2)14-10/h3,5,7H,4,6H2,1-2H3,(H,12,14,18). The zero-order chi connectivity index (χ0) is 14.7. The van der Waals surface area contributed by atoms with Crippen LogP contribution >= 0.6 is 0 Å². The molecule has 0 saturated carbocycles. The van der Waals surface area contributed by atoms with Crippen molar-refractivity contribution in [3.05, 3.63) is 34.3 Å². The third kappa shape index (κ3) is 3.19. The molecule has 0 fully saturated rings. The van der Waals surface area contributed by atoms with E-state index in [0.29, 0.717) is 11.5 Å². The molecule has 2 aromatic heterocycles. The summed E-state index contributed by atoms with van der Waals surface area (Å²) in [6.07, 6.45) is 3.20. The fraction of sp³-hybridized carbons (Fsp3) is 0.364. The van der Waals surface area contributed by atoms with Gasteiger partial charge < -0.3 is 5.32 Å². The van der Waals surface area contributed by atoms with Crippen molar-refractivity contribution >= 4 is 17.4 Å². The predicted molar refractivity (Wildman–Crippen MR) is 70.1 cm³/mol. The summed E-state index contributed by atoms with van der Waals surface area (Å²) in [6.45, 7) is 1.83. The maximum Gasteiger partial charge on any atom is 0.309 e. The predicted octanol–water partition coefficient (Wildman–Crippen LogP) is 0.862. The third-order valence-electron chi connectivity index (χ3n) is 2.67. The summed E-state index contributed by atoms with van der Waals surface area (Å²) in [4.78, 5) is 21.9. The number of anilines is 1. The quantitative estimate of drug-likeness (QED) is 0.644. The molecular formula is C11H14N6O3. The Bertz CT molecular complexity index is 644. The second kappa shape index (κ2) is 5.51. The number of carbonyl (C=O) groups is 1. The van der Waals surface area contributed by atoms with E-state index < -0.39 is 4.92 Å². The van der Waals surface area contributed by atoms with Gasteiger partial charge in [0.2, 0.25) is 5.91 Å². The van der Waals surface area contributed by atoms with Crippen LogP contribution in [0.4, 0.5) is 11.5 Å². The Labute approximate surface area is 114 Å². The van der Waals surface area contributed by atoms with Crippen LogP contribution in [0, 0.1) is 17.0 Å². The van der Waals surface area contributed by atoms with Gasteiger partial charge in [-0.1, -0.05) is 0 Å². The molecule has 0 bridgehead atoms. The Hall–Kier alpha value is -2.71. The van der Waals surface area contributed by atoms with Crippen molar-refractivity contribution in [2.75, 3.05) is 5.32 Å². The zero-order valence-corrected chi connectivity index (χ0v) is 11.1. The monoisotopic (exact) mass is 278 g/mol. The number of hydrogen-bond donors (Lipinski definition) is 1. The Morgan fingerprint density at radius 2 is 2.25 bits per heavy atom. The van der Waals surface area contributed by atoms with Gasteiger partial charge in [-0.2, -0.15) is 10.2 Å². The third-order valence-corrected chi connectivity index (χ3v) is 2.67. The molecule has 0 spiro atoms. The second-order valence-corrected chi connectivity index (χ2v) is 4.29. The first-order chi connectivity index (χ1) is 9.45. The van der Waals surface area contributed by atoms with Crippen molar-refractivity contribution in [2.24, 2.45) is 7.05 Å². The molecule has 106 valence electrons. The minimum Gasteiger partial charge on any atom is -0.309 e. The number of hydrogen-bond acceptors (Lipinski definition) is 5. The molecule has 0 aliphatic heterocycles. The van der Waals surface area contributed by atoms with Gasteiger partial charge in [0, 0.05) is 32.3 Å². The van der Waals surface area contributed by atoms with E-state index >= 15 is 0 Å². The van der Waals surface area contributed by atoms with E-state index in [9.17, 15) is 14.9 Å². The molecule has 0 unspecified atom stereocenters. The molecular weight excluding hydrogens is 264 g/mol. The number of amides is 1. The number of nitrogens with zero attached hydrogens (tertiary/aromatic N) is 5. The number of nitro groups is 1. The Morgan fingerprint density at radius 1 is 1.50 bits per heavy atom. The Kier molecular flexibility index (Phi) is 3.78. The van der Waals surface area contributed by atoms with Crippen LogP contribution in [0.3, 0.4) is 0 Å². The van der Waals surface area contributed by atoms with Crippen molar-refractivity contribution in [3.63, 3.8) is 0 Å². The average Bonchev–Trinajstić information content (AvgIpc) is 2.93. The largest absolute Gasteiger partial charge is 0.309 e. The van der Waals surface area contributed by atoms with Gasteiger partial charge >= 0.3 is 5.69 Å². The van der Waals surface area contributed by atoms with E-state index in [0.717, 1.165) is 0 Å². The van der Waals surface area contributed by atoms with Crippen LogP contribution in [0.25, 0.3) is 0 Å². The van der Waals surface area contributed by atoms with Gasteiger partial charge in [0.15, 0.2) is 5.82 Å². The molecule has 0 aliphatic carbocycles. The fourth-order valence-corrected chi connectivity index (χ4v) is 1.70. The summed E-state index contributed by atoms with van der Waals surface area (Å²) in [5, 5.41) is 21.3. The summed E-state index contributed by atoms with van der Waals surface area (Å²) in [5.74, 6) is 0.250. The molecule has 9 nitrogen and oxygen atoms in total. The van der Waals surface area contributed by atoms with Crippen LogP contribution in [0.5, 0.6) is 0 Å². The number of rotatable bonds is 5. The topological polar surface area (TPSA) is 108 Å². The second-order valence-electron chi connectivity index (χ2n) is 4.29. The van der Waals surface area contributed by atoms with Gasteiger partial charge in [-0.3, -0.25) is 24.3 Å². The van der Waals surface area contributed by atoms with E-state index in [2.05, 4.69) is 15.5 Å². The highest BCUT2D eigenvalue weighted by atomic mass is 16.6. The maximum absolute atomic E-state index is 11.7. The van der Waals surface area contributed by atoms with Crippen LogP contribution in [0.15, 0.2) is 18.5 Å². The first-order valence-corrected chi connectivity index (χ1v) is 5.93. The van der Waals surface area contributed by atoms with E-state index in [1.807, 2.05) is 0 Å². The summed E-state index contributed by atoms with van der Waals surface area (Å²) in [7, 11) is 1.75. The van der Waals surface area contributed by atoms with Crippen molar-refractivity contribution in [1.82, 2.24) is 19.6 Å². The van der Waals surface area contributed by atoms with Crippen molar-refractivity contribution in [3.8, 4) is 0 Å². The highest BCUT2D eigenvalue weighted by Gasteiger charge is 2.15. The first kappa shape index (κ1) is 13.7. The highest BCUT2D eigenvalue weighted by Crippen LogP contribution is 2.15. The molecule has 1 amide bonds. The van der Waals surface area contributed by atoms with Crippen molar-refractivity contribution in [2.45, 2.75) is 19.9 Å². The average molecular weight is 278 g/mol. The van der Waals surface area contributed by atoms with Crippen molar-refractivity contribution < 1.29 is 9.72 Å². The molecule has 0 aromatic carbocycles. The number of nitrogens with one attached hydrogen (secondary N) is 1. The van der Waals surface area contributed by atoms with E-state index in [1.54, 1.807) is 30.9 Å². The lowest BCUT2D eigenvalue weighted by Crippen LogP contribution is -2.15. The summed E-state index contributed by atoms with van der Waals surface area (Å²) in [5.41, 5.74) is 0.287. The molecule has 0 aliphatic rings. The normalized spacial score (nSPS) is 10.5. The van der Waals surface area contributed by atoms with Crippen LogP contribution < -0.4 is 5.32 Å². The molecule has 2 heterocycles. The van der Waals surface area contributed by atoms with E-state index in [1.165, 1.54) is 10.9 Å².